The lowest BCUT2D eigenvalue weighted by atomic mass is 10.1. The Morgan fingerprint density at radius 2 is 1.71 bits per heavy atom. The van der Waals surface area contributed by atoms with Gasteiger partial charge < -0.3 is 0 Å². The van der Waals surface area contributed by atoms with Crippen LogP contribution >= 0.6 is 23.2 Å². The Morgan fingerprint density at radius 3 is 2.35 bits per heavy atom. The monoisotopic (exact) mass is 270 g/mol. The second kappa shape index (κ2) is 4.59. The van der Waals surface area contributed by atoms with E-state index in [0.29, 0.717) is 11.3 Å². The summed E-state index contributed by atoms with van der Waals surface area (Å²) in [4.78, 5) is 8.51. The van der Waals surface area contributed by atoms with E-state index < -0.39 is 5.82 Å². The quantitative estimate of drug-likeness (QED) is 0.776. The Kier molecular flexibility index (Phi) is 3.31. The summed E-state index contributed by atoms with van der Waals surface area (Å²) < 4.78 is 13.1. The fourth-order valence-corrected chi connectivity index (χ4v) is 1.86. The number of hydrogen-bond acceptors (Lipinski definition) is 2. The number of nitrogens with zero attached hydrogens (tertiary/aromatic N) is 2. The van der Waals surface area contributed by atoms with Crippen molar-refractivity contribution in [1.29, 1.82) is 0 Å². The average Bonchev–Trinajstić information content (AvgIpc) is 2.27. The van der Waals surface area contributed by atoms with Gasteiger partial charge in [-0.3, -0.25) is 0 Å². The van der Waals surface area contributed by atoms with Gasteiger partial charge in [0.2, 0.25) is 0 Å². The van der Waals surface area contributed by atoms with Crippen LogP contribution in [0.3, 0.4) is 0 Å². The molecule has 0 aliphatic carbocycles. The topological polar surface area (TPSA) is 25.8 Å². The molecule has 0 spiro atoms. The molecule has 0 N–H and O–H groups in total. The molecule has 5 heteroatoms. The van der Waals surface area contributed by atoms with Crippen LogP contribution in [-0.2, 0) is 0 Å². The molecule has 88 valence electrons. The molecule has 1 aromatic heterocycles. The van der Waals surface area contributed by atoms with Gasteiger partial charge in [0.1, 0.15) is 11.5 Å². The lowest BCUT2D eigenvalue weighted by Gasteiger charge is -2.07. The highest BCUT2D eigenvalue weighted by atomic mass is 35.5. The minimum Gasteiger partial charge on any atom is -0.248 e. The molecule has 2 rings (SSSR count). The third-order valence-corrected chi connectivity index (χ3v) is 3.01. The molecule has 2 nitrogen and oxygen atoms in total. The fourth-order valence-electron chi connectivity index (χ4n) is 1.40. The van der Waals surface area contributed by atoms with E-state index in [1.807, 2.05) is 13.8 Å². The van der Waals surface area contributed by atoms with Crippen LogP contribution in [0, 0.1) is 19.7 Å². The molecule has 1 aromatic carbocycles. The molecule has 0 radical (unpaired) electrons. The first kappa shape index (κ1) is 12.3. The zero-order valence-corrected chi connectivity index (χ0v) is 10.8. The van der Waals surface area contributed by atoms with E-state index in [4.69, 9.17) is 23.2 Å². The van der Waals surface area contributed by atoms with E-state index in [0.717, 1.165) is 11.4 Å². The Morgan fingerprint density at radius 1 is 1.06 bits per heavy atom. The maximum absolute atomic E-state index is 13.1. The molecule has 0 saturated heterocycles. The molecule has 2 aromatic rings. The highest BCUT2D eigenvalue weighted by molar-refractivity contribution is 6.32. The highest BCUT2D eigenvalue weighted by Gasteiger charge is 2.11. The summed E-state index contributed by atoms with van der Waals surface area (Å²) >= 11 is 11.7. The van der Waals surface area contributed by atoms with Crippen LogP contribution in [-0.4, -0.2) is 9.97 Å². The summed E-state index contributed by atoms with van der Waals surface area (Å²) in [6, 6.07) is 4.35. The van der Waals surface area contributed by atoms with E-state index in [2.05, 4.69) is 9.97 Å². The average molecular weight is 271 g/mol. The van der Waals surface area contributed by atoms with E-state index in [-0.39, 0.29) is 10.2 Å². The smallest absolute Gasteiger partial charge is 0.155 e. The first-order valence-electron chi connectivity index (χ1n) is 4.95. The summed E-state index contributed by atoms with van der Waals surface area (Å²) in [5, 5.41) is 0.328. The molecule has 0 atom stereocenters. The molecule has 0 amide bonds. The van der Waals surface area contributed by atoms with Crippen molar-refractivity contribution in [2.24, 2.45) is 0 Å². The zero-order valence-electron chi connectivity index (χ0n) is 9.26. The molecular weight excluding hydrogens is 262 g/mol. The minimum atomic E-state index is -0.469. The van der Waals surface area contributed by atoms with Crippen LogP contribution in [0.15, 0.2) is 18.2 Å². The predicted octanol–water partition coefficient (Wildman–Crippen LogP) is 4.21. The van der Waals surface area contributed by atoms with Crippen LogP contribution in [0.1, 0.15) is 11.4 Å². The summed E-state index contributed by atoms with van der Waals surface area (Å²) in [6.07, 6.45) is 0. The molecule has 0 fully saturated rings. The number of aromatic nitrogens is 2. The molecule has 1 heterocycles. The van der Waals surface area contributed by atoms with Crippen molar-refractivity contribution < 1.29 is 4.39 Å². The molecule has 0 aliphatic rings. The van der Waals surface area contributed by atoms with Crippen LogP contribution in [0.25, 0.3) is 11.3 Å². The Balaban J connectivity index is 2.60. The van der Waals surface area contributed by atoms with Crippen molar-refractivity contribution in [2.75, 3.05) is 0 Å². The van der Waals surface area contributed by atoms with Gasteiger partial charge in [0.15, 0.2) is 5.15 Å². The number of rotatable bonds is 1. The number of aryl methyl sites for hydroxylation is 2. The summed E-state index contributed by atoms with van der Waals surface area (Å²) in [5.74, 6) is -0.469. The maximum atomic E-state index is 13.1. The summed E-state index contributed by atoms with van der Waals surface area (Å²) in [6.45, 7) is 3.67. The second-order valence-electron chi connectivity index (χ2n) is 3.66. The van der Waals surface area contributed by atoms with Gasteiger partial charge in [-0.05, 0) is 32.0 Å². The van der Waals surface area contributed by atoms with Gasteiger partial charge in [-0.2, -0.15) is 0 Å². The third-order valence-electron chi connectivity index (χ3n) is 2.46. The van der Waals surface area contributed by atoms with Crippen LogP contribution in [0.4, 0.5) is 4.39 Å². The highest BCUT2D eigenvalue weighted by Crippen LogP contribution is 2.28. The molecule has 0 saturated carbocycles. The molecule has 0 unspecified atom stereocenters. The van der Waals surface area contributed by atoms with Gasteiger partial charge in [0, 0.05) is 5.56 Å². The van der Waals surface area contributed by atoms with Crippen molar-refractivity contribution in [1.82, 2.24) is 9.97 Å². The van der Waals surface area contributed by atoms with Crippen molar-refractivity contribution in [2.45, 2.75) is 13.8 Å². The van der Waals surface area contributed by atoms with Crippen molar-refractivity contribution in [3.8, 4) is 11.3 Å². The molecular formula is C12H9Cl2FN2. The van der Waals surface area contributed by atoms with E-state index >= 15 is 0 Å². The Labute approximate surface area is 108 Å². The van der Waals surface area contributed by atoms with Gasteiger partial charge >= 0.3 is 0 Å². The first-order valence-corrected chi connectivity index (χ1v) is 5.71. The van der Waals surface area contributed by atoms with Crippen LogP contribution in [0.5, 0.6) is 0 Å². The summed E-state index contributed by atoms with van der Waals surface area (Å²) in [5.41, 5.74) is 2.71. The van der Waals surface area contributed by atoms with Gasteiger partial charge in [0.25, 0.3) is 0 Å². The minimum absolute atomic E-state index is 0.0404. The van der Waals surface area contributed by atoms with E-state index in [1.165, 1.54) is 12.1 Å². The number of benzene rings is 1. The SMILES string of the molecule is Cc1nc(Cl)c(-c2ccc(F)c(Cl)c2)nc1C. The fraction of sp³-hybridized carbons (Fsp3) is 0.167. The van der Waals surface area contributed by atoms with Crippen molar-refractivity contribution >= 4 is 23.2 Å². The second-order valence-corrected chi connectivity index (χ2v) is 4.43. The zero-order chi connectivity index (χ0) is 12.6. The van der Waals surface area contributed by atoms with Crippen LogP contribution in [0.2, 0.25) is 10.2 Å². The van der Waals surface area contributed by atoms with Crippen LogP contribution < -0.4 is 0 Å². The van der Waals surface area contributed by atoms with E-state index in [9.17, 15) is 4.39 Å². The van der Waals surface area contributed by atoms with Gasteiger partial charge in [-0.25, -0.2) is 14.4 Å². The standard InChI is InChI=1S/C12H9Cl2FN2/c1-6-7(2)17-12(14)11(16-6)8-3-4-10(15)9(13)5-8/h3-5H,1-2H3. The molecule has 0 aliphatic heterocycles. The number of hydrogen-bond donors (Lipinski definition) is 0. The van der Waals surface area contributed by atoms with Gasteiger partial charge in [-0.1, -0.05) is 23.2 Å². The maximum Gasteiger partial charge on any atom is 0.155 e. The van der Waals surface area contributed by atoms with Crippen molar-refractivity contribution in [3.05, 3.63) is 45.6 Å². The predicted molar refractivity (Wildman–Crippen MR) is 66.9 cm³/mol. The summed E-state index contributed by atoms with van der Waals surface area (Å²) in [7, 11) is 0. The lowest BCUT2D eigenvalue weighted by Crippen LogP contribution is -1.96. The first-order chi connectivity index (χ1) is 7.99. The van der Waals surface area contributed by atoms with E-state index in [1.54, 1.807) is 6.07 Å². The molecule has 17 heavy (non-hydrogen) atoms. The van der Waals surface area contributed by atoms with Gasteiger partial charge in [0.05, 0.1) is 16.4 Å². The van der Waals surface area contributed by atoms with Gasteiger partial charge in [-0.15, -0.1) is 0 Å². The molecule has 0 bridgehead atoms. The Hall–Kier alpha value is -1.19. The lowest BCUT2D eigenvalue weighted by molar-refractivity contribution is 0.628. The Bertz CT molecular complexity index is 585. The largest absolute Gasteiger partial charge is 0.248 e. The van der Waals surface area contributed by atoms with Crippen molar-refractivity contribution in [3.63, 3.8) is 0 Å². The number of halogens is 3. The third kappa shape index (κ3) is 2.40. The normalized spacial score (nSPS) is 10.6.